The summed E-state index contributed by atoms with van der Waals surface area (Å²) in [6, 6.07) is 19.0. The Labute approximate surface area is 138 Å². The number of benzene rings is 2. The van der Waals surface area contributed by atoms with Gasteiger partial charge in [0.05, 0.1) is 18.7 Å². The SMILES string of the molecule is COc1onc(-c2ccccc2)c1[C@@H](C#N)c1ccc(Cl)cc1. The molecule has 0 unspecified atom stereocenters. The second kappa shape index (κ2) is 6.55. The van der Waals surface area contributed by atoms with Crippen LogP contribution in [0.5, 0.6) is 5.95 Å². The molecule has 0 spiro atoms. The highest BCUT2D eigenvalue weighted by Gasteiger charge is 2.27. The van der Waals surface area contributed by atoms with E-state index in [1.807, 2.05) is 42.5 Å². The third-order valence-corrected chi connectivity index (χ3v) is 3.80. The van der Waals surface area contributed by atoms with Crippen molar-refractivity contribution in [3.05, 3.63) is 70.7 Å². The van der Waals surface area contributed by atoms with Crippen LogP contribution < -0.4 is 4.74 Å². The smallest absolute Gasteiger partial charge is 0.316 e. The van der Waals surface area contributed by atoms with Gasteiger partial charge in [-0.05, 0) is 17.7 Å². The highest BCUT2D eigenvalue weighted by Crippen LogP contribution is 2.39. The van der Waals surface area contributed by atoms with E-state index in [0.717, 1.165) is 11.1 Å². The van der Waals surface area contributed by atoms with Crippen LogP contribution in [0.15, 0.2) is 59.1 Å². The molecule has 0 amide bonds. The van der Waals surface area contributed by atoms with Crippen LogP contribution >= 0.6 is 11.6 Å². The minimum Gasteiger partial charge on any atom is -0.467 e. The van der Waals surface area contributed by atoms with Crippen molar-refractivity contribution in [3.63, 3.8) is 0 Å². The van der Waals surface area contributed by atoms with Crippen LogP contribution in [-0.4, -0.2) is 12.3 Å². The van der Waals surface area contributed by atoms with Gasteiger partial charge in [0.25, 0.3) is 0 Å². The molecule has 0 saturated carbocycles. The molecule has 4 nitrogen and oxygen atoms in total. The Morgan fingerprint density at radius 3 is 2.43 bits per heavy atom. The van der Waals surface area contributed by atoms with Crippen LogP contribution in [0.2, 0.25) is 5.02 Å². The second-order valence-corrected chi connectivity index (χ2v) is 5.35. The third-order valence-electron chi connectivity index (χ3n) is 3.55. The first-order valence-electron chi connectivity index (χ1n) is 6.98. The predicted octanol–water partition coefficient (Wildman–Crippen LogP) is 4.66. The van der Waals surface area contributed by atoms with Crippen molar-refractivity contribution < 1.29 is 9.26 Å². The molecule has 0 fully saturated rings. The summed E-state index contributed by atoms with van der Waals surface area (Å²) in [4.78, 5) is 0. The van der Waals surface area contributed by atoms with Gasteiger partial charge >= 0.3 is 5.95 Å². The van der Waals surface area contributed by atoms with Gasteiger partial charge in [-0.2, -0.15) is 5.26 Å². The zero-order valence-electron chi connectivity index (χ0n) is 12.4. The van der Waals surface area contributed by atoms with E-state index >= 15 is 0 Å². The second-order valence-electron chi connectivity index (χ2n) is 4.92. The van der Waals surface area contributed by atoms with Gasteiger partial charge in [0.1, 0.15) is 11.6 Å². The molecule has 1 aromatic heterocycles. The number of ether oxygens (including phenoxy) is 1. The normalized spacial score (nSPS) is 11.7. The van der Waals surface area contributed by atoms with E-state index in [9.17, 15) is 5.26 Å². The molecule has 23 heavy (non-hydrogen) atoms. The van der Waals surface area contributed by atoms with E-state index in [0.29, 0.717) is 16.3 Å². The Morgan fingerprint density at radius 2 is 1.83 bits per heavy atom. The number of hydrogen-bond donors (Lipinski definition) is 0. The van der Waals surface area contributed by atoms with Crippen molar-refractivity contribution in [1.29, 1.82) is 5.26 Å². The average molecular weight is 325 g/mol. The Hall–Kier alpha value is -2.77. The van der Waals surface area contributed by atoms with Crippen LogP contribution in [0.3, 0.4) is 0 Å². The number of halogens is 1. The molecule has 3 rings (SSSR count). The molecular formula is C18H13ClN2O2. The fourth-order valence-electron chi connectivity index (χ4n) is 2.45. The molecule has 0 aliphatic rings. The van der Waals surface area contributed by atoms with Gasteiger partial charge in [-0.25, -0.2) is 0 Å². The molecule has 0 N–H and O–H groups in total. The summed E-state index contributed by atoms with van der Waals surface area (Å²) in [5, 5.41) is 14.4. The minimum absolute atomic E-state index is 0.241. The summed E-state index contributed by atoms with van der Waals surface area (Å²) in [6.07, 6.45) is 0. The standard InChI is InChI=1S/C18H13ClN2O2/c1-22-18-16(15(11-20)12-7-9-14(19)10-8-12)17(21-23-18)13-5-3-2-4-6-13/h2-10,15H,1H3/t15-/m0/s1. The van der Waals surface area contributed by atoms with Gasteiger partial charge in [0.15, 0.2) is 0 Å². The summed E-state index contributed by atoms with van der Waals surface area (Å²) < 4.78 is 10.5. The molecule has 114 valence electrons. The van der Waals surface area contributed by atoms with Gasteiger partial charge in [-0.15, -0.1) is 0 Å². The summed E-state index contributed by atoms with van der Waals surface area (Å²) in [5.41, 5.74) is 2.88. The maximum absolute atomic E-state index is 9.70. The highest BCUT2D eigenvalue weighted by atomic mass is 35.5. The zero-order chi connectivity index (χ0) is 16.2. The van der Waals surface area contributed by atoms with Gasteiger partial charge in [-0.3, -0.25) is 0 Å². The summed E-state index contributed by atoms with van der Waals surface area (Å²) in [7, 11) is 1.50. The lowest BCUT2D eigenvalue weighted by Gasteiger charge is -2.10. The van der Waals surface area contributed by atoms with E-state index in [-0.39, 0.29) is 5.95 Å². The number of aromatic nitrogens is 1. The quantitative estimate of drug-likeness (QED) is 0.700. The summed E-state index contributed by atoms with van der Waals surface area (Å²) >= 11 is 5.93. The lowest BCUT2D eigenvalue weighted by molar-refractivity contribution is 0.258. The molecule has 0 aliphatic heterocycles. The molecule has 5 heteroatoms. The van der Waals surface area contributed by atoms with E-state index in [4.69, 9.17) is 20.9 Å². The van der Waals surface area contributed by atoms with Crippen molar-refractivity contribution in [3.8, 4) is 23.3 Å². The maximum atomic E-state index is 9.70. The van der Waals surface area contributed by atoms with Gasteiger partial charge < -0.3 is 9.26 Å². The first-order valence-corrected chi connectivity index (χ1v) is 7.36. The monoisotopic (exact) mass is 324 g/mol. The number of nitriles is 1. The van der Waals surface area contributed by atoms with Gasteiger partial charge in [0, 0.05) is 10.6 Å². The van der Waals surface area contributed by atoms with Crippen LogP contribution in [0, 0.1) is 11.3 Å². The molecule has 1 heterocycles. The maximum Gasteiger partial charge on any atom is 0.316 e. The number of nitrogens with zero attached hydrogens (tertiary/aromatic N) is 2. The number of hydrogen-bond acceptors (Lipinski definition) is 4. The average Bonchev–Trinajstić information content (AvgIpc) is 3.02. The number of rotatable bonds is 4. The van der Waals surface area contributed by atoms with Crippen LogP contribution in [-0.2, 0) is 0 Å². The van der Waals surface area contributed by atoms with E-state index in [1.165, 1.54) is 7.11 Å². The first-order chi connectivity index (χ1) is 11.2. The summed E-state index contributed by atoms with van der Waals surface area (Å²) in [6.45, 7) is 0. The van der Waals surface area contributed by atoms with Crippen molar-refractivity contribution in [1.82, 2.24) is 5.16 Å². The topological polar surface area (TPSA) is 59.1 Å². The van der Waals surface area contributed by atoms with Crippen molar-refractivity contribution >= 4 is 11.6 Å². The fraction of sp³-hybridized carbons (Fsp3) is 0.111. The van der Waals surface area contributed by atoms with Crippen molar-refractivity contribution in [2.75, 3.05) is 7.11 Å². The largest absolute Gasteiger partial charge is 0.467 e. The molecule has 0 bridgehead atoms. The van der Waals surface area contributed by atoms with E-state index in [2.05, 4.69) is 11.2 Å². The van der Waals surface area contributed by atoms with Crippen molar-refractivity contribution in [2.24, 2.45) is 0 Å². The Morgan fingerprint density at radius 1 is 1.13 bits per heavy atom. The lowest BCUT2D eigenvalue weighted by Crippen LogP contribution is -2.01. The van der Waals surface area contributed by atoms with Gasteiger partial charge in [-0.1, -0.05) is 59.2 Å². The number of methoxy groups -OCH3 is 1. The Kier molecular flexibility index (Phi) is 4.31. The molecule has 1 atom stereocenters. The minimum atomic E-state index is -0.566. The molecule has 0 radical (unpaired) electrons. The lowest BCUT2D eigenvalue weighted by atomic mass is 9.91. The fourth-order valence-corrected chi connectivity index (χ4v) is 2.58. The van der Waals surface area contributed by atoms with Gasteiger partial charge in [0.2, 0.25) is 0 Å². The summed E-state index contributed by atoms with van der Waals surface area (Å²) in [5.74, 6) is -0.325. The molecule has 0 aliphatic carbocycles. The zero-order valence-corrected chi connectivity index (χ0v) is 13.1. The van der Waals surface area contributed by atoms with Crippen LogP contribution in [0.1, 0.15) is 17.0 Å². The first kappa shape index (κ1) is 15.1. The molecular weight excluding hydrogens is 312 g/mol. The third kappa shape index (κ3) is 2.92. The highest BCUT2D eigenvalue weighted by molar-refractivity contribution is 6.30. The van der Waals surface area contributed by atoms with Crippen molar-refractivity contribution in [2.45, 2.75) is 5.92 Å². The van der Waals surface area contributed by atoms with Crippen LogP contribution in [0.4, 0.5) is 0 Å². The van der Waals surface area contributed by atoms with E-state index < -0.39 is 5.92 Å². The Bertz CT molecular complexity index is 836. The Balaban J connectivity index is 2.15. The molecule has 0 saturated heterocycles. The van der Waals surface area contributed by atoms with E-state index in [1.54, 1.807) is 12.1 Å². The molecule has 2 aromatic carbocycles. The van der Waals surface area contributed by atoms with Crippen LogP contribution in [0.25, 0.3) is 11.3 Å². The molecule has 3 aromatic rings. The predicted molar refractivity (Wildman–Crippen MR) is 87.4 cm³/mol.